The molecule has 0 radical (unpaired) electrons. The molecule has 0 spiro atoms. The number of hydrazine groups is 1. The maximum absolute atomic E-state index is 12.0. The maximum atomic E-state index is 12.0. The highest BCUT2D eigenvalue weighted by molar-refractivity contribution is 5.86. The molecule has 0 aromatic heterocycles. The van der Waals surface area contributed by atoms with Gasteiger partial charge in [-0.05, 0) is 13.8 Å². The molecule has 0 aliphatic carbocycles. The van der Waals surface area contributed by atoms with Crippen LogP contribution in [0.15, 0.2) is 12.2 Å². The van der Waals surface area contributed by atoms with Crippen LogP contribution in [0.25, 0.3) is 0 Å². The average molecular weight is 208 g/mol. The second-order valence-corrected chi connectivity index (χ2v) is 4.55. The number of aldehydes is 1. The van der Waals surface area contributed by atoms with Crippen molar-refractivity contribution in [1.29, 1.82) is 0 Å². The largest absolute Gasteiger partial charge is 0.300 e. The molecule has 2 aliphatic rings. The van der Waals surface area contributed by atoms with Gasteiger partial charge in [-0.1, -0.05) is 19.1 Å². The van der Waals surface area contributed by atoms with Crippen molar-refractivity contribution in [3.05, 3.63) is 12.2 Å². The number of hydrogen-bond acceptors (Lipinski definition) is 3. The molecule has 4 nitrogen and oxygen atoms in total. The summed E-state index contributed by atoms with van der Waals surface area (Å²) in [5, 5.41) is 3.58. The fraction of sp³-hybridized carbons (Fsp3) is 0.636. The van der Waals surface area contributed by atoms with E-state index < -0.39 is 5.54 Å². The fourth-order valence-corrected chi connectivity index (χ4v) is 2.29. The molecule has 3 atom stereocenters. The van der Waals surface area contributed by atoms with E-state index in [9.17, 15) is 9.59 Å². The minimum atomic E-state index is -0.797. The lowest BCUT2D eigenvalue weighted by Gasteiger charge is -2.41. The van der Waals surface area contributed by atoms with Gasteiger partial charge in [0.05, 0.1) is 5.92 Å². The Labute approximate surface area is 89.5 Å². The topological polar surface area (TPSA) is 40.6 Å². The summed E-state index contributed by atoms with van der Waals surface area (Å²) < 4.78 is 0. The molecule has 2 heterocycles. The molecule has 1 saturated heterocycles. The molecule has 0 saturated carbocycles. The first-order valence-electron chi connectivity index (χ1n) is 5.26. The molecule has 2 rings (SSSR count). The molecule has 0 N–H and O–H groups in total. The second kappa shape index (κ2) is 3.17. The van der Waals surface area contributed by atoms with E-state index in [-0.39, 0.29) is 17.9 Å². The minimum Gasteiger partial charge on any atom is -0.300 e. The first-order valence-corrected chi connectivity index (χ1v) is 5.26. The van der Waals surface area contributed by atoms with E-state index in [1.807, 2.05) is 24.9 Å². The van der Waals surface area contributed by atoms with Crippen molar-refractivity contribution in [2.24, 2.45) is 5.92 Å². The summed E-state index contributed by atoms with van der Waals surface area (Å²) >= 11 is 0. The van der Waals surface area contributed by atoms with Gasteiger partial charge in [0.25, 0.3) is 0 Å². The zero-order chi connectivity index (χ0) is 11.2. The Morgan fingerprint density at radius 1 is 1.53 bits per heavy atom. The Balaban J connectivity index is 2.43. The summed E-state index contributed by atoms with van der Waals surface area (Å²) in [5.41, 5.74) is -0.797. The van der Waals surface area contributed by atoms with E-state index >= 15 is 0 Å². The van der Waals surface area contributed by atoms with Crippen LogP contribution in [0.4, 0.5) is 0 Å². The number of carbonyl (C=O) groups excluding carboxylic acids is 2. The molecule has 4 heteroatoms. The van der Waals surface area contributed by atoms with Gasteiger partial charge in [0.2, 0.25) is 5.91 Å². The van der Waals surface area contributed by atoms with Crippen LogP contribution in [-0.2, 0) is 9.59 Å². The first-order chi connectivity index (χ1) is 7.01. The Morgan fingerprint density at radius 3 is 2.80 bits per heavy atom. The van der Waals surface area contributed by atoms with Crippen molar-refractivity contribution in [2.45, 2.75) is 32.4 Å². The van der Waals surface area contributed by atoms with Crippen molar-refractivity contribution < 1.29 is 9.59 Å². The lowest BCUT2D eigenvalue weighted by atomic mass is 10.0. The van der Waals surface area contributed by atoms with Crippen LogP contribution < -0.4 is 0 Å². The average Bonchev–Trinajstić information content (AvgIpc) is 2.45. The summed E-state index contributed by atoms with van der Waals surface area (Å²) in [7, 11) is 0. The summed E-state index contributed by atoms with van der Waals surface area (Å²) in [6.45, 7) is 6.41. The lowest BCUT2D eigenvalue weighted by Crippen LogP contribution is -2.57. The van der Waals surface area contributed by atoms with E-state index in [0.717, 1.165) is 6.29 Å². The number of carbonyl (C=O) groups is 2. The normalized spacial score (nSPS) is 40.7. The predicted octanol–water partition coefficient (Wildman–Crippen LogP) is 0.598. The van der Waals surface area contributed by atoms with Crippen molar-refractivity contribution in [1.82, 2.24) is 10.0 Å². The molecule has 1 fully saturated rings. The van der Waals surface area contributed by atoms with E-state index in [1.165, 1.54) is 0 Å². The van der Waals surface area contributed by atoms with Crippen molar-refractivity contribution in [2.75, 3.05) is 6.54 Å². The van der Waals surface area contributed by atoms with Crippen molar-refractivity contribution >= 4 is 12.2 Å². The highest BCUT2D eigenvalue weighted by atomic mass is 16.2. The third-order valence-corrected chi connectivity index (χ3v) is 3.49. The van der Waals surface area contributed by atoms with Crippen molar-refractivity contribution in [3.8, 4) is 0 Å². The van der Waals surface area contributed by atoms with E-state index in [4.69, 9.17) is 0 Å². The van der Waals surface area contributed by atoms with Gasteiger partial charge in [0.15, 0.2) is 6.29 Å². The smallest absolute Gasteiger partial charge is 0.242 e. The van der Waals surface area contributed by atoms with Gasteiger partial charge in [-0.25, -0.2) is 5.01 Å². The van der Waals surface area contributed by atoms with Crippen molar-refractivity contribution in [3.63, 3.8) is 0 Å². The first kappa shape index (κ1) is 10.4. The number of hydrogen-bond donors (Lipinski definition) is 0. The summed E-state index contributed by atoms with van der Waals surface area (Å²) in [5.74, 6) is 0.00521. The molecule has 0 bridgehead atoms. The Hall–Kier alpha value is -1.16. The highest BCUT2D eigenvalue weighted by Gasteiger charge is 2.49. The predicted molar refractivity (Wildman–Crippen MR) is 55.8 cm³/mol. The third kappa shape index (κ3) is 1.24. The molecular formula is C11H16N2O2. The van der Waals surface area contributed by atoms with Gasteiger partial charge in [0, 0.05) is 12.6 Å². The standard InChI is InChI=1S/C11H16N2O2/c1-8-9(2)12-6-4-5-11(3,7-14)13(12)10(8)15/h4-5,7-9H,6H2,1-3H3. The van der Waals surface area contributed by atoms with Crippen LogP contribution in [0, 0.1) is 5.92 Å². The summed E-state index contributed by atoms with van der Waals surface area (Å²) in [6.07, 6.45) is 4.59. The number of fused-ring (bicyclic) bond motifs is 1. The quantitative estimate of drug-likeness (QED) is 0.468. The third-order valence-electron chi connectivity index (χ3n) is 3.49. The van der Waals surface area contributed by atoms with Gasteiger partial charge < -0.3 is 4.79 Å². The Morgan fingerprint density at radius 2 is 2.20 bits per heavy atom. The zero-order valence-corrected chi connectivity index (χ0v) is 9.30. The Bertz CT molecular complexity index is 339. The van der Waals surface area contributed by atoms with Gasteiger partial charge >= 0.3 is 0 Å². The molecule has 3 unspecified atom stereocenters. The van der Waals surface area contributed by atoms with Crippen LogP contribution in [0.1, 0.15) is 20.8 Å². The summed E-state index contributed by atoms with van der Waals surface area (Å²) in [4.78, 5) is 23.1. The fourth-order valence-electron chi connectivity index (χ4n) is 2.29. The molecule has 82 valence electrons. The maximum Gasteiger partial charge on any atom is 0.242 e. The highest BCUT2D eigenvalue weighted by Crippen LogP contribution is 2.33. The van der Waals surface area contributed by atoms with E-state index in [0.29, 0.717) is 6.54 Å². The number of amides is 1. The molecule has 1 amide bonds. The van der Waals surface area contributed by atoms with E-state index in [2.05, 4.69) is 0 Å². The van der Waals surface area contributed by atoms with Crippen LogP contribution in [-0.4, -0.2) is 40.3 Å². The monoisotopic (exact) mass is 208 g/mol. The van der Waals surface area contributed by atoms with E-state index in [1.54, 1.807) is 18.0 Å². The van der Waals surface area contributed by atoms with Crippen LogP contribution in [0.3, 0.4) is 0 Å². The molecule has 15 heavy (non-hydrogen) atoms. The molecule has 2 aliphatic heterocycles. The van der Waals surface area contributed by atoms with Gasteiger partial charge in [0.1, 0.15) is 5.54 Å². The molecular weight excluding hydrogens is 192 g/mol. The number of nitrogens with zero attached hydrogens (tertiary/aromatic N) is 2. The lowest BCUT2D eigenvalue weighted by molar-refractivity contribution is -0.153. The van der Waals surface area contributed by atoms with Crippen LogP contribution in [0.5, 0.6) is 0 Å². The number of rotatable bonds is 1. The summed E-state index contributed by atoms with van der Waals surface area (Å²) in [6, 6.07) is 0.168. The minimum absolute atomic E-state index is 0.0378. The zero-order valence-electron chi connectivity index (χ0n) is 9.30. The van der Waals surface area contributed by atoms with Crippen LogP contribution in [0.2, 0.25) is 0 Å². The molecule has 0 aromatic carbocycles. The second-order valence-electron chi connectivity index (χ2n) is 4.55. The Kier molecular flexibility index (Phi) is 2.19. The van der Waals surface area contributed by atoms with Gasteiger partial charge in [-0.3, -0.25) is 9.80 Å². The molecule has 0 aromatic rings. The van der Waals surface area contributed by atoms with Gasteiger partial charge in [-0.2, -0.15) is 0 Å². The van der Waals surface area contributed by atoms with Gasteiger partial charge in [-0.15, -0.1) is 0 Å². The SMILES string of the molecule is CC1C(=O)N2N(CC=CC2(C)C=O)C1C. The van der Waals surface area contributed by atoms with Crippen LogP contribution >= 0.6 is 0 Å².